The molecule has 0 bridgehead atoms. The van der Waals surface area contributed by atoms with Gasteiger partial charge >= 0.3 is 0 Å². The van der Waals surface area contributed by atoms with Crippen LogP contribution in [0.2, 0.25) is 0 Å². The van der Waals surface area contributed by atoms with Crippen LogP contribution >= 0.6 is 0 Å². The van der Waals surface area contributed by atoms with E-state index in [9.17, 15) is 4.21 Å². The molecule has 1 aromatic rings. The van der Waals surface area contributed by atoms with E-state index in [0.717, 1.165) is 22.6 Å². The van der Waals surface area contributed by atoms with Crippen molar-refractivity contribution >= 4 is 10.8 Å². The van der Waals surface area contributed by atoms with Crippen molar-refractivity contribution in [1.82, 2.24) is 0 Å². The van der Waals surface area contributed by atoms with Gasteiger partial charge in [0.2, 0.25) is 0 Å². The van der Waals surface area contributed by atoms with E-state index in [1.54, 1.807) is 0 Å². The summed E-state index contributed by atoms with van der Waals surface area (Å²) in [5, 5.41) is 0. The second-order valence-corrected chi connectivity index (χ2v) is 7.47. The Kier molecular flexibility index (Phi) is 10.8. The first-order chi connectivity index (χ1) is 10.8. The van der Waals surface area contributed by atoms with Crippen LogP contribution in [0.15, 0.2) is 29.2 Å². The van der Waals surface area contributed by atoms with Crippen LogP contribution in [0.3, 0.4) is 0 Å². The molecule has 0 saturated carbocycles. The van der Waals surface area contributed by atoms with Crippen molar-refractivity contribution in [2.24, 2.45) is 0 Å². The van der Waals surface area contributed by atoms with Crippen molar-refractivity contribution in [3.63, 3.8) is 0 Å². The van der Waals surface area contributed by atoms with E-state index in [-0.39, 0.29) is 0 Å². The lowest BCUT2D eigenvalue weighted by atomic mass is 10.1. The summed E-state index contributed by atoms with van der Waals surface area (Å²) in [4.78, 5) is 0.898. The fourth-order valence-corrected chi connectivity index (χ4v) is 3.68. The van der Waals surface area contributed by atoms with E-state index in [4.69, 9.17) is 6.42 Å². The lowest BCUT2D eigenvalue weighted by Crippen LogP contribution is -1.98. The molecule has 1 aromatic carbocycles. The molecule has 1 nitrogen and oxygen atoms in total. The molecule has 0 aliphatic rings. The summed E-state index contributed by atoms with van der Waals surface area (Å²) in [6.45, 7) is 2.26. The Balaban J connectivity index is 2.02. The summed E-state index contributed by atoms with van der Waals surface area (Å²) < 4.78 is 12.1. The van der Waals surface area contributed by atoms with E-state index >= 15 is 0 Å². The predicted octanol–water partition coefficient (Wildman–Crippen LogP) is 5.70. The number of terminal acetylenes is 1. The largest absolute Gasteiger partial charge is 0.254 e. The SMILES string of the molecule is C#Cc1ccc(S(=O)CCCCCCCCCCCC)cc1. The zero-order valence-corrected chi connectivity index (χ0v) is 14.8. The van der Waals surface area contributed by atoms with Gasteiger partial charge in [-0.3, -0.25) is 4.21 Å². The van der Waals surface area contributed by atoms with Crippen molar-refractivity contribution < 1.29 is 4.21 Å². The molecular weight excluding hydrogens is 288 g/mol. The minimum atomic E-state index is -0.875. The first-order valence-corrected chi connectivity index (χ1v) is 10.0. The molecule has 1 atom stereocenters. The molecule has 0 spiro atoms. The molecule has 0 radical (unpaired) electrons. The third-order valence-corrected chi connectivity index (χ3v) is 5.42. The van der Waals surface area contributed by atoms with Crippen LogP contribution in [0, 0.1) is 12.3 Å². The van der Waals surface area contributed by atoms with Crippen molar-refractivity contribution in [1.29, 1.82) is 0 Å². The summed E-state index contributed by atoms with van der Waals surface area (Å²) in [5.74, 6) is 3.35. The molecule has 0 aliphatic carbocycles. The smallest absolute Gasteiger partial charge is 0.0529 e. The summed E-state index contributed by atoms with van der Waals surface area (Å²) in [5.41, 5.74) is 0.847. The molecule has 2 heteroatoms. The Labute approximate surface area is 139 Å². The third-order valence-electron chi connectivity index (χ3n) is 3.97. The maximum absolute atomic E-state index is 12.1. The Hall–Kier alpha value is -1.07. The lowest BCUT2D eigenvalue weighted by Gasteiger charge is -2.04. The Bertz CT molecular complexity index is 456. The quantitative estimate of drug-likeness (QED) is 0.357. The summed E-state index contributed by atoms with van der Waals surface area (Å²) in [7, 11) is -0.875. The Morgan fingerprint density at radius 3 is 1.86 bits per heavy atom. The maximum Gasteiger partial charge on any atom is 0.0529 e. The highest BCUT2D eigenvalue weighted by Crippen LogP contribution is 2.13. The Morgan fingerprint density at radius 2 is 1.36 bits per heavy atom. The molecule has 0 heterocycles. The molecule has 1 unspecified atom stereocenters. The molecule has 1 rings (SSSR count). The summed E-state index contributed by atoms with van der Waals surface area (Å²) in [6.07, 6.45) is 18.4. The molecule has 0 aromatic heterocycles. The lowest BCUT2D eigenvalue weighted by molar-refractivity contribution is 0.562. The molecule has 0 fully saturated rings. The van der Waals surface area contributed by atoms with Gasteiger partial charge in [0.05, 0.1) is 10.8 Å². The van der Waals surface area contributed by atoms with Gasteiger partial charge in [-0.05, 0) is 30.7 Å². The monoisotopic (exact) mass is 318 g/mol. The van der Waals surface area contributed by atoms with Crippen LogP contribution in [0.1, 0.15) is 76.7 Å². The minimum absolute atomic E-state index is 0.770. The molecule has 0 N–H and O–H groups in total. The number of hydrogen-bond acceptors (Lipinski definition) is 1. The van der Waals surface area contributed by atoms with Crippen LogP contribution in [-0.2, 0) is 10.8 Å². The van der Waals surface area contributed by atoms with Gasteiger partial charge in [0.15, 0.2) is 0 Å². The van der Waals surface area contributed by atoms with Gasteiger partial charge in [-0.25, -0.2) is 0 Å². The van der Waals surface area contributed by atoms with Gasteiger partial charge < -0.3 is 0 Å². The van der Waals surface area contributed by atoms with Crippen molar-refractivity contribution in [2.75, 3.05) is 5.75 Å². The highest BCUT2D eigenvalue weighted by Gasteiger charge is 2.03. The number of unbranched alkanes of at least 4 members (excludes halogenated alkanes) is 9. The first kappa shape index (κ1) is 19.0. The normalized spacial score (nSPS) is 12.0. The van der Waals surface area contributed by atoms with Gasteiger partial charge in [-0.2, -0.15) is 0 Å². The standard InChI is InChI=1S/C20H30OS/c1-3-5-6-7-8-9-10-11-12-13-18-22(21)20-16-14-19(4-2)15-17-20/h2,14-17H,3,5-13,18H2,1H3. The molecule has 0 amide bonds. The van der Waals surface area contributed by atoms with Crippen LogP contribution < -0.4 is 0 Å². The highest BCUT2D eigenvalue weighted by atomic mass is 32.2. The van der Waals surface area contributed by atoms with Gasteiger partial charge in [0.1, 0.15) is 0 Å². The molecule has 0 saturated heterocycles. The zero-order valence-electron chi connectivity index (χ0n) is 14.0. The molecule has 122 valence electrons. The third kappa shape index (κ3) is 8.39. The first-order valence-electron chi connectivity index (χ1n) is 8.73. The fraction of sp³-hybridized carbons (Fsp3) is 0.600. The van der Waals surface area contributed by atoms with Crippen molar-refractivity contribution in [3.05, 3.63) is 29.8 Å². The van der Waals surface area contributed by atoms with E-state index < -0.39 is 10.8 Å². The van der Waals surface area contributed by atoms with Gasteiger partial charge in [0.25, 0.3) is 0 Å². The van der Waals surface area contributed by atoms with Crippen molar-refractivity contribution in [3.8, 4) is 12.3 Å². The zero-order chi connectivity index (χ0) is 16.0. The summed E-state index contributed by atoms with van der Waals surface area (Å²) >= 11 is 0. The summed E-state index contributed by atoms with van der Waals surface area (Å²) in [6, 6.07) is 7.51. The van der Waals surface area contributed by atoms with Gasteiger partial charge in [-0.1, -0.05) is 70.6 Å². The van der Waals surface area contributed by atoms with Gasteiger partial charge in [0, 0.05) is 16.2 Å². The topological polar surface area (TPSA) is 17.1 Å². The number of benzene rings is 1. The molecule has 0 aliphatic heterocycles. The fourth-order valence-electron chi connectivity index (χ4n) is 2.54. The van der Waals surface area contributed by atoms with Gasteiger partial charge in [-0.15, -0.1) is 6.42 Å². The molecular formula is C20H30OS. The predicted molar refractivity (Wildman–Crippen MR) is 97.5 cm³/mol. The van der Waals surface area contributed by atoms with E-state index in [0.29, 0.717) is 0 Å². The van der Waals surface area contributed by atoms with Crippen LogP contribution in [0.4, 0.5) is 0 Å². The highest BCUT2D eigenvalue weighted by molar-refractivity contribution is 7.85. The second kappa shape index (κ2) is 12.5. The Morgan fingerprint density at radius 1 is 0.864 bits per heavy atom. The number of rotatable bonds is 12. The number of hydrogen-bond donors (Lipinski definition) is 0. The van der Waals surface area contributed by atoms with Crippen LogP contribution in [-0.4, -0.2) is 9.96 Å². The van der Waals surface area contributed by atoms with Crippen molar-refractivity contribution in [2.45, 2.75) is 76.0 Å². The second-order valence-electron chi connectivity index (χ2n) is 5.90. The average molecular weight is 319 g/mol. The minimum Gasteiger partial charge on any atom is -0.254 e. The van der Waals surface area contributed by atoms with E-state index in [1.165, 1.54) is 57.8 Å². The van der Waals surface area contributed by atoms with Crippen LogP contribution in [0.25, 0.3) is 0 Å². The molecule has 22 heavy (non-hydrogen) atoms. The maximum atomic E-state index is 12.1. The van der Waals surface area contributed by atoms with E-state index in [1.807, 2.05) is 24.3 Å². The van der Waals surface area contributed by atoms with Crippen LogP contribution in [0.5, 0.6) is 0 Å². The average Bonchev–Trinajstić information content (AvgIpc) is 2.56. The van der Waals surface area contributed by atoms with E-state index in [2.05, 4.69) is 12.8 Å².